The zero-order chi connectivity index (χ0) is 14.0. The zero-order valence-electron chi connectivity index (χ0n) is 10.3. The molecule has 4 nitrogen and oxygen atoms in total. The molecule has 0 aromatic heterocycles. The smallest absolute Gasteiger partial charge is 0.244 e. The summed E-state index contributed by atoms with van der Waals surface area (Å²) in [7, 11) is -3.52. The van der Waals surface area contributed by atoms with E-state index in [1.807, 2.05) is 0 Å². The topological polar surface area (TPSA) is 63.4 Å². The number of sulfonamides is 1. The van der Waals surface area contributed by atoms with Gasteiger partial charge in [-0.05, 0) is 25.0 Å². The highest BCUT2D eigenvalue weighted by Gasteiger charge is 2.31. The Kier molecular flexibility index (Phi) is 4.45. The van der Waals surface area contributed by atoms with Gasteiger partial charge in [-0.3, -0.25) is 0 Å². The van der Waals surface area contributed by atoms with Crippen LogP contribution in [0, 0.1) is 5.92 Å². The molecule has 2 N–H and O–H groups in total. The molecule has 0 saturated carbocycles. The van der Waals surface area contributed by atoms with Crippen molar-refractivity contribution in [1.29, 1.82) is 0 Å². The minimum absolute atomic E-state index is 0.132. The number of thiocarbonyl (C=S) groups is 1. The number of nitrogens with two attached hydrogens (primary N) is 1. The molecule has 0 amide bonds. The van der Waals surface area contributed by atoms with Crippen LogP contribution in [-0.2, 0) is 10.0 Å². The van der Waals surface area contributed by atoms with Gasteiger partial charge in [-0.1, -0.05) is 36.0 Å². The average molecular weight is 319 g/mol. The first-order valence-corrected chi connectivity index (χ1v) is 8.19. The van der Waals surface area contributed by atoms with Gasteiger partial charge in [0.25, 0.3) is 0 Å². The normalized spacial score (nSPS) is 18.4. The fraction of sp³-hybridized carbons (Fsp3) is 0.417. The molecular formula is C12H15ClN2O2S2. The van der Waals surface area contributed by atoms with Gasteiger partial charge in [0, 0.05) is 19.0 Å². The SMILES string of the molecule is NC(=S)C1CCN(S(=O)(=O)c2ccccc2Cl)CC1. The second-order valence-corrected chi connectivity index (χ2v) is 7.30. The second-order valence-electron chi connectivity index (χ2n) is 4.51. The predicted octanol–water partition coefficient (Wildman–Crippen LogP) is 2.03. The maximum atomic E-state index is 12.5. The Balaban J connectivity index is 2.19. The van der Waals surface area contributed by atoms with E-state index in [0.29, 0.717) is 30.9 Å². The summed E-state index contributed by atoms with van der Waals surface area (Å²) in [6.07, 6.45) is 1.33. The monoisotopic (exact) mass is 318 g/mol. The Hall–Kier alpha value is -0.690. The maximum Gasteiger partial charge on any atom is 0.244 e. The fourth-order valence-electron chi connectivity index (χ4n) is 2.17. The minimum atomic E-state index is -3.52. The molecule has 0 radical (unpaired) electrons. The summed E-state index contributed by atoms with van der Waals surface area (Å²) in [5.41, 5.74) is 5.60. The molecule has 1 aromatic rings. The molecule has 1 fully saturated rings. The fourth-order valence-corrected chi connectivity index (χ4v) is 4.37. The van der Waals surface area contributed by atoms with Crippen LogP contribution in [0.1, 0.15) is 12.8 Å². The largest absolute Gasteiger partial charge is 0.393 e. The molecule has 1 saturated heterocycles. The summed E-state index contributed by atoms with van der Waals surface area (Å²) in [5, 5.41) is 0.249. The van der Waals surface area contributed by atoms with Crippen LogP contribution in [0.3, 0.4) is 0 Å². The highest BCUT2D eigenvalue weighted by molar-refractivity contribution is 7.89. The van der Waals surface area contributed by atoms with Gasteiger partial charge >= 0.3 is 0 Å². The predicted molar refractivity (Wildman–Crippen MR) is 79.7 cm³/mol. The molecule has 1 aromatic carbocycles. The number of benzene rings is 1. The number of nitrogens with zero attached hydrogens (tertiary/aromatic N) is 1. The lowest BCUT2D eigenvalue weighted by molar-refractivity contribution is 0.317. The minimum Gasteiger partial charge on any atom is -0.393 e. The Morgan fingerprint density at radius 2 is 1.89 bits per heavy atom. The molecule has 7 heteroatoms. The molecule has 1 aliphatic rings. The lowest BCUT2D eigenvalue weighted by Gasteiger charge is -2.30. The van der Waals surface area contributed by atoms with Crippen LogP contribution in [0.15, 0.2) is 29.2 Å². The van der Waals surface area contributed by atoms with Gasteiger partial charge < -0.3 is 5.73 Å². The first-order valence-electron chi connectivity index (χ1n) is 5.97. The maximum absolute atomic E-state index is 12.5. The van der Waals surface area contributed by atoms with Crippen molar-refractivity contribution in [3.63, 3.8) is 0 Å². The second kappa shape index (κ2) is 5.75. The van der Waals surface area contributed by atoms with Crippen LogP contribution in [0.2, 0.25) is 5.02 Å². The number of hydrogen-bond acceptors (Lipinski definition) is 3. The van der Waals surface area contributed by atoms with Crippen molar-refractivity contribution in [2.75, 3.05) is 13.1 Å². The van der Waals surface area contributed by atoms with Crippen LogP contribution < -0.4 is 5.73 Å². The van der Waals surface area contributed by atoms with Gasteiger partial charge in [0.1, 0.15) is 4.90 Å². The molecule has 0 unspecified atom stereocenters. The molecule has 1 aliphatic heterocycles. The number of halogens is 1. The third-order valence-electron chi connectivity index (χ3n) is 3.31. The van der Waals surface area contributed by atoms with E-state index in [9.17, 15) is 8.42 Å². The van der Waals surface area contributed by atoms with Crippen molar-refractivity contribution in [3.8, 4) is 0 Å². The van der Waals surface area contributed by atoms with E-state index in [1.54, 1.807) is 18.2 Å². The molecule has 2 rings (SSSR count). The Bertz CT molecular complexity index is 581. The molecule has 0 aliphatic carbocycles. The van der Waals surface area contributed by atoms with Crippen LogP contribution >= 0.6 is 23.8 Å². The molecule has 0 bridgehead atoms. The third kappa shape index (κ3) is 3.08. The van der Waals surface area contributed by atoms with E-state index in [-0.39, 0.29) is 15.8 Å². The summed E-state index contributed by atoms with van der Waals surface area (Å²) in [6.45, 7) is 0.852. The molecule has 0 spiro atoms. The third-order valence-corrected chi connectivity index (χ3v) is 6.04. The Morgan fingerprint density at radius 1 is 1.32 bits per heavy atom. The number of piperidine rings is 1. The van der Waals surface area contributed by atoms with Crippen molar-refractivity contribution in [2.24, 2.45) is 11.7 Å². The lowest BCUT2D eigenvalue weighted by atomic mass is 9.98. The van der Waals surface area contributed by atoms with Gasteiger partial charge in [-0.25, -0.2) is 8.42 Å². The van der Waals surface area contributed by atoms with Crippen molar-refractivity contribution in [3.05, 3.63) is 29.3 Å². The summed E-state index contributed by atoms with van der Waals surface area (Å²) < 4.78 is 26.4. The van der Waals surface area contributed by atoms with E-state index in [0.717, 1.165) is 0 Å². The van der Waals surface area contributed by atoms with Gasteiger partial charge in [-0.2, -0.15) is 4.31 Å². The van der Waals surface area contributed by atoms with Crippen molar-refractivity contribution >= 4 is 38.8 Å². The number of hydrogen-bond donors (Lipinski definition) is 1. The van der Waals surface area contributed by atoms with Crippen molar-refractivity contribution in [2.45, 2.75) is 17.7 Å². The standard InChI is InChI=1S/C12H15ClN2O2S2/c13-10-3-1-2-4-11(10)19(16,17)15-7-5-9(6-8-15)12(14)18/h1-4,9H,5-8H2,(H2,14,18). The first-order chi connectivity index (χ1) is 8.93. The van der Waals surface area contributed by atoms with Gasteiger partial charge in [0.2, 0.25) is 10.0 Å². The van der Waals surface area contributed by atoms with Crippen LogP contribution in [0.5, 0.6) is 0 Å². The van der Waals surface area contributed by atoms with Crippen LogP contribution in [0.25, 0.3) is 0 Å². The summed E-state index contributed by atoms with van der Waals surface area (Å²) >= 11 is 10.9. The molecule has 1 heterocycles. The molecule has 19 heavy (non-hydrogen) atoms. The number of rotatable bonds is 3. The molecule has 0 atom stereocenters. The highest BCUT2D eigenvalue weighted by atomic mass is 35.5. The van der Waals surface area contributed by atoms with Crippen LogP contribution in [0.4, 0.5) is 0 Å². The molecular weight excluding hydrogens is 304 g/mol. The summed E-state index contributed by atoms with van der Waals surface area (Å²) in [5.74, 6) is 0.132. The quantitative estimate of drug-likeness (QED) is 0.866. The van der Waals surface area contributed by atoms with E-state index < -0.39 is 10.0 Å². The molecule has 104 valence electrons. The lowest BCUT2D eigenvalue weighted by Crippen LogP contribution is -2.41. The van der Waals surface area contributed by atoms with Gasteiger partial charge in [-0.15, -0.1) is 0 Å². The van der Waals surface area contributed by atoms with Crippen LogP contribution in [-0.4, -0.2) is 30.8 Å². The van der Waals surface area contributed by atoms with Gasteiger partial charge in [0.15, 0.2) is 0 Å². The average Bonchev–Trinajstić information content (AvgIpc) is 2.39. The highest BCUT2D eigenvalue weighted by Crippen LogP contribution is 2.27. The summed E-state index contributed by atoms with van der Waals surface area (Å²) in [6, 6.07) is 6.48. The van der Waals surface area contributed by atoms with E-state index in [4.69, 9.17) is 29.6 Å². The van der Waals surface area contributed by atoms with E-state index >= 15 is 0 Å². The van der Waals surface area contributed by atoms with Gasteiger partial charge in [0.05, 0.1) is 10.0 Å². The van der Waals surface area contributed by atoms with Crippen molar-refractivity contribution < 1.29 is 8.42 Å². The summed E-state index contributed by atoms with van der Waals surface area (Å²) in [4.78, 5) is 0.625. The van der Waals surface area contributed by atoms with Crippen molar-refractivity contribution in [1.82, 2.24) is 4.31 Å². The zero-order valence-corrected chi connectivity index (χ0v) is 12.6. The van der Waals surface area contributed by atoms with E-state index in [1.165, 1.54) is 10.4 Å². The Morgan fingerprint density at radius 3 is 2.42 bits per heavy atom. The Labute approximate surface area is 123 Å². The van der Waals surface area contributed by atoms with E-state index in [2.05, 4.69) is 0 Å². The first kappa shape index (κ1) is 14.7.